The smallest absolute Gasteiger partial charge is 0.136 e. The highest BCUT2D eigenvalue weighted by Gasteiger charge is 2.28. The summed E-state index contributed by atoms with van der Waals surface area (Å²) in [5.41, 5.74) is 0.334. The SMILES string of the molecule is CC(O)(CNC1CCC(c2ccc(O)cc2)CC1)c1ccco1. The Bertz CT molecular complexity index is 596. The second-order valence-corrected chi connectivity index (χ2v) is 6.77. The highest BCUT2D eigenvalue weighted by atomic mass is 16.4. The lowest BCUT2D eigenvalue weighted by molar-refractivity contribution is 0.0301. The van der Waals surface area contributed by atoms with Gasteiger partial charge in [-0.25, -0.2) is 0 Å². The Morgan fingerprint density at radius 2 is 1.83 bits per heavy atom. The minimum Gasteiger partial charge on any atom is -0.508 e. The first-order valence-corrected chi connectivity index (χ1v) is 8.33. The first-order chi connectivity index (χ1) is 11.0. The minimum absolute atomic E-state index is 0.323. The summed E-state index contributed by atoms with van der Waals surface area (Å²) >= 11 is 0. The molecule has 0 aliphatic heterocycles. The van der Waals surface area contributed by atoms with E-state index in [-0.39, 0.29) is 0 Å². The van der Waals surface area contributed by atoms with E-state index in [1.807, 2.05) is 18.2 Å². The molecule has 1 fully saturated rings. The zero-order valence-electron chi connectivity index (χ0n) is 13.5. The van der Waals surface area contributed by atoms with Crippen molar-refractivity contribution in [3.05, 3.63) is 54.0 Å². The van der Waals surface area contributed by atoms with Gasteiger partial charge in [-0.3, -0.25) is 0 Å². The predicted molar refractivity (Wildman–Crippen MR) is 89.4 cm³/mol. The average Bonchev–Trinajstić information content (AvgIpc) is 3.10. The molecule has 1 aromatic carbocycles. The minimum atomic E-state index is -0.975. The van der Waals surface area contributed by atoms with Crippen molar-refractivity contribution < 1.29 is 14.6 Å². The zero-order valence-corrected chi connectivity index (χ0v) is 13.5. The fourth-order valence-electron chi connectivity index (χ4n) is 3.39. The van der Waals surface area contributed by atoms with Gasteiger partial charge in [-0.2, -0.15) is 0 Å². The fourth-order valence-corrected chi connectivity index (χ4v) is 3.39. The number of aromatic hydroxyl groups is 1. The van der Waals surface area contributed by atoms with E-state index in [0.29, 0.717) is 30.0 Å². The molecule has 0 amide bonds. The molecular weight excluding hydrogens is 290 g/mol. The van der Waals surface area contributed by atoms with Crippen molar-refractivity contribution in [3.63, 3.8) is 0 Å². The predicted octanol–water partition coefficient (Wildman–Crippen LogP) is 3.51. The molecule has 4 nitrogen and oxygen atoms in total. The number of phenols is 1. The van der Waals surface area contributed by atoms with Crippen molar-refractivity contribution >= 4 is 0 Å². The second kappa shape index (κ2) is 6.77. The van der Waals surface area contributed by atoms with Gasteiger partial charge in [0.2, 0.25) is 0 Å². The fraction of sp³-hybridized carbons (Fsp3) is 0.474. The summed E-state index contributed by atoms with van der Waals surface area (Å²) in [6, 6.07) is 11.6. The van der Waals surface area contributed by atoms with Gasteiger partial charge in [0.25, 0.3) is 0 Å². The van der Waals surface area contributed by atoms with Crippen molar-refractivity contribution in [2.45, 2.75) is 50.2 Å². The van der Waals surface area contributed by atoms with Crippen LogP contribution in [-0.2, 0) is 5.60 Å². The molecule has 3 rings (SSSR count). The maximum atomic E-state index is 10.5. The maximum Gasteiger partial charge on any atom is 0.136 e. The monoisotopic (exact) mass is 315 g/mol. The highest BCUT2D eigenvalue weighted by molar-refractivity contribution is 5.28. The molecular formula is C19H25NO3. The number of nitrogens with one attached hydrogen (secondary N) is 1. The van der Waals surface area contributed by atoms with Gasteiger partial charge in [-0.1, -0.05) is 12.1 Å². The summed E-state index contributed by atoms with van der Waals surface area (Å²) in [6.07, 6.45) is 6.04. The van der Waals surface area contributed by atoms with Crippen molar-refractivity contribution in [2.24, 2.45) is 0 Å². The molecule has 3 N–H and O–H groups in total. The van der Waals surface area contributed by atoms with Crippen LogP contribution >= 0.6 is 0 Å². The van der Waals surface area contributed by atoms with Crippen LogP contribution in [0.1, 0.15) is 49.8 Å². The Morgan fingerprint density at radius 1 is 1.13 bits per heavy atom. The zero-order chi connectivity index (χ0) is 16.3. The summed E-state index contributed by atoms with van der Waals surface area (Å²) in [5, 5.41) is 23.3. The van der Waals surface area contributed by atoms with Crippen LogP contribution in [0.3, 0.4) is 0 Å². The molecule has 0 radical (unpaired) electrons. The van der Waals surface area contributed by atoms with Gasteiger partial charge in [0.1, 0.15) is 17.1 Å². The molecule has 1 heterocycles. The largest absolute Gasteiger partial charge is 0.508 e. The Balaban J connectivity index is 1.49. The van der Waals surface area contributed by atoms with E-state index in [1.54, 1.807) is 31.4 Å². The van der Waals surface area contributed by atoms with Gasteiger partial charge in [-0.05, 0) is 68.4 Å². The summed E-state index contributed by atoms with van der Waals surface area (Å²) in [4.78, 5) is 0. The number of phenolic OH excluding ortho intramolecular Hbond substituents is 1. The Hall–Kier alpha value is -1.78. The summed E-state index contributed by atoms with van der Waals surface area (Å²) in [7, 11) is 0. The lowest BCUT2D eigenvalue weighted by Crippen LogP contribution is -2.42. The van der Waals surface area contributed by atoms with Crippen LogP contribution in [-0.4, -0.2) is 22.8 Å². The summed E-state index contributed by atoms with van der Waals surface area (Å²) in [5.74, 6) is 1.49. The topological polar surface area (TPSA) is 65.6 Å². The third kappa shape index (κ3) is 3.95. The quantitative estimate of drug-likeness (QED) is 0.790. The van der Waals surface area contributed by atoms with Crippen LogP contribution in [0.25, 0.3) is 0 Å². The van der Waals surface area contributed by atoms with Crippen LogP contribution in [0.15, 0.2) is 47.1 Å². The van der Waals surface area contributed by atoms with Crippen LogP contribution in [0.5, 0.6) is 5.75 Å². The molecule has 1 unspecified atom stereocenters. The number of hydrogen-bond acceptors (Lipinski definition) is 4. The van der Waals surface area contributed by atoms with Crippen molar-refractivity contribution in [3.8, 4) is 5.75 Å². The maximum absolute atomic E-state index is 10.5. The third-order valence-corrected chi connectivity index (χ3v) is 4.88. The van der Waals surface area contributed by atoms with Gasteiger partial charge >= 0.3 is 0 Å². The Kier molecular flexibility index (Phi) is 4.74. The molecule has 0 bridgehead atoms. The molecule has 1 saturated carbocycles. The van der Waals surface area contributed by atoms with E-state index in [1.165, 1.54) is 5.56 Å². The molecule has 1 aromatic heterocycles. The van der Waals surface area contributed by atoms with Crippen molar-refractivity contribution in [1.29, 1.82) is 0 Å². The number of furan rings is 1. The third-order valence-electron chi connectivity index (χ3n) is 4.88. The number of hydrogen-bond donors (Lipinski definition) is 3. The van der Waals surface area contributed by atoms with E-state index in [0.717, 1.165) is 25.7 Å². The average molecular weight is 315 g/mol. The van der Waals surface area contributed by atoms with Crippen molar-refractivity contribution in [2.75, 3.05) is 6.54 Å². The Labute approximate surface area is 137 Å². The lowest BCUT2D eigenvalue weighted by atomic mass is 9.81. The first-order valence-electron chi connectivity index (χ1n) is 8.33. The summed E-state index contributed by atoms with van der Waals surface area (Å²) in [6.45, 7) is 2.27. The molecule has 4 heteroatoms. The van der Waals surface area contributed by atoms with Crippen molar-refractivity contribution in [1.82, 2.24) is 5.32 Å². The number of benzene rings is 1. The van der Waals surface area contributed by atoms with Crippen LogP contribution in [0, 0.1) is 0 Å². The molecule has 124 valence electrons. The second-order valence-electron chi connectivity index (χ2n) is 6.77. The van der Waals surface area contributed by atoms with Crippen LogP contribution in [0.2, 0.25) is 0 Å². The van der Waals surface area contributed by atoms with E-state index >= 15 is 0 Å². The summed E-state index contributed by atoms with van der Waals surface area (Å²) < 4.78 is 5.31. The molecule has 0 saturated heterocycles. The van der Waals surface area contributed by atoms with E-state index in [4.69, 9.17) is 4.42 Å². The van der Waals surface area contributed by atoms with Gasteiger partial charge in [0, 0.05) is 12.6 Å². The van der Waals surface area contributed by atoms with Gasteiger partial charge in [-0.15, -0.1) is 0 Å². The number of rotatable bonds is 5. The van der Waals surface area contributed by atoms with E-state index < -0.39 is 5.60 Å². The number of aliphatic hydroxyl groups is 1. The Morgan fingerprint density at radius 3 is 2.43 bits per heavy atom. The molecule has 1 aliphatic rings. The standard InChI is InChI=1S/C19H25NO3/c1-19(22,18-3-2-12-23-18)13-20-16-8-4-14(5-9-16)15-6-10-17(21)11-7-15/h2-3,6-7,10-12,14,16,20-22H,4-5,8-9,13H2,1H3. The molecule has 0 spiro atoms. The van der Waals surface area contributed by atoms with Crippen LogP contribution in [0.4, 0.5) is 0 Å². The van der Waals surface area contributed by atoms with Gasteiger partial charge in [0.15, 0.2) is 0 Å². The molecule has 23 heavy (non-hydrogen) atoms. The first kappa shape index (κ1) is 16.1. The molecule has 2 aromatic rings. The van der Waals surface area contributed by atoms with E-state index in [2.05, 4.69) is 5.32 Å². The normalized spacial score (nSPS) is 24.3. The van der Waals surface area contributed by atoms with E-state index in [9.17, 15) is 10.2 Å². The van der Waals surface area contributed by atoms with Gasteiger partial charge < -0.3 is 19.9 Å². The molecule has 1 atom stereocenters. The highest BCUT2D eigenvalue weighted by Crippen LogP contribution is 2.33. The molecule has 1 aliphatic carbocycles. The lowest BCUT2D eigenvalue weighted by Gasteiger charge is -2.31. The van der Waals surface area contributed by atoms with Gasteiger partial charge in [0.05, 0.1) is 6.26 Å². The van der Waals surface area contributed by atoms with Crippen LogP contribution < -0.4 is 5.32 Å².